The Morgan fingerprint density at radius 2 is 2.10 bits per heavy atom. The van der Waals surface area contributed by atoms with Crippen LogP contribution in [0, 0.1) is 0 Å². The summed E-state index contributed by atoms with van der Waals surface area (Å²) in [6, 6.07) is 6.26. The van der Waals surface area contributed by atoms with Crippen LogP contribution in [-0.4, -0.2) is 32.6 Å². The molecule has 1 fully saturated rings. The molecule has 0 saturated carbocycles. The minimum Gasteiger partial charge on any atom is -0.434 e. The third-order valence-electron chi connectivity index (χ3n) is 3.72. The third kappa shape index (κ3) is 4.14. The molecule has 1 N–H and O–H groups in total. The fourth-order valence-corrected chi connectivity index (χ4v) is 4.33. The van der Waals surface area contributed by atoms with E-state index in [2.05, 4.69) is 10.1 Å². The smallest absolute Gasteiger partial charge is 0.387 e. The predicted molar refractivity (Wildman–Crippen MR) is 76.3 cm³/mol. The lowest BCUT2D eigenvalue weighted by Crippen LogP contribution is -2.32. The average Bonchev–Trinajstić information content (AvgIpc) is 2.75. The predicted octanol–water partition coefficient (Wildman–Crippen LogP) is 2.52. The normalized spacial score (nSPS) is 22.4. The molecule has 0 bridgehead atoms. The SMILES string of the molecule is CC(NCC1CCCS1(=O)=O)c1ccccc1OC(F)F. The monoisotopic (exact) mass is 319 g/mol. The van der Waals surface area contributed by atoms with Crippen molar-refractivity contribution in [3.05, 3.63) is 29.8 Å². The second-order valence-corrected chi connectivity index (χ2v) is 7.58. The lowest BCUT2D eigenvalue weighted by atomic mass is 10.1. The zero-order valence-corrected chi connectivity index (χ0v) is 12.6. The van der Waals surface area contributed by atoms with E-state index in [-0.39, 0.29) is 22.8 Å². The van der Waals surface area contributed by atoms with Gasteiger partial charge >= 0.3 is 6.61 Å². The van der Waals surface area contributed by atoms with Crippen LogP contribution in [0.4, 0.5) is 8.78 Å². The van der Waals surface area contributed by atoms with Gasteiger partial charge in [0.15, 0.2) is 9.84 Å². The summed E-state index contributed by atoms with van der Waals surface area (Å²) in [6.07, 6.45) is 1.34. The minimum atomic E-state index is -3.01. The van der Waals surface area contributed by atoms with Crippen LogP contribution in [0.2, 0.25) is 0 Å². The third-order valence-corrected chi connectivity index (χ3v) is 5.99. The van der Waals surface area contributed by atoms with Crippen LogP contribution in [-0.2, 0) is 9.84 Å². The first kappa shape index (κ1) is 16.2. The maximum atomic E-state index is 12.4. The highest BCUT2D eigenvalue weighted by molar-refractivity contribution is 7.92. The summed E-state index contributed by atoms with van der Waals surface area (Å²) in [7, 11) is -3.01. The first-order valence-corrected chi connectivity index (χ1v) is 8.60. The quantitative estimate of drug-likeness (QED) is 0.875. The summed E-state index contributed by atoms with van der Waals surface area (Å²) in [5.74, 6) is 0.348. The first-order chi connectivity index (χ1) is 9.90. The highest BCUT2D eigenvalue weighted by Gasteiger charge is 2.31. The number of benzene rings is 1. The molecule has 21 heavy (non-hydrogen) atoms. The van der Waals surface area contributed by atoms with Crippen LogP contribution in [0.15, 0.2) is 24.3 Å². The van der Waals surface area contributed by atoms with Gasteiger partial charge in [0.25, 0.3) is 0 Å². The largest absolute Gasteiger partial charge is 0.434 e. The molecule has 1 aromatic rings. The number of rotatable bonds is 6. The molecule has 1 heterocycles. The number of para-hydroxylation sites is 1. The summed E-state index contributed by atoms with van der Waals surface area (Å²) in [6.45, 7) is -0.754. The number of hydrogen-bond acceptors (Lipinski definition) is 4. The highest BCUT2D eigenvalue weighted by Crippen LogP contribution is 2.27. The zero-order chi connectivity index (χ0) is 15.5. The van der Waals surface area contributed by atoms with Crippen molar-refractivity contribution in [2.24, 2.45) is 0 Å². The number of nitrogens with one attached hydrogen (secondary N) is 1. The van der Waals surface area contributed by atoms with E-state index in [1.165, 1.54) is 6.07 Å². The van der Waals surface area contributed by atoms with E-state index in [1.54, 1.807) is 25.1 Å². The van der Waals surface area contributed by atoms with Crippen LogP contribution in [0.5, 0.6) is 5.75 Å². The molecule has 7 heteroatoms. The van der Waals surface area contributed by atoms with Gasteiger partial charge < -0.3 is 10.1 Å². The van der Waals surface area contributed by atoms with Gasteiger partial charge in [0.05, 0.1) is 11.0 Å². The lowest BCUT2D eigenvalue weighted by Gasteiger charge is -2.19. The van der Waals surface area contributed by atoms with Gasteiger partial charge in [-0.3, -0.25) is 0 Å². The van der Waals surface area contributed by atoms with Crippen LogP contribution >= 0.6 is 0 Å². The fourth-order valence-electron chi connectivity index (χ4n) is 2.55. The van der Waals surface area contributed by atoms with Gasteiger partial charge in [0.1, 0.15) is 5.75 Å². The van der Waals surface area contributed by atoms with Gasteiger partial charge in [0, 0.05) is 18.2 Å². The van der Waals surface area contributed by atoms with Gasteiger partial charge in [-0.05, 0) is 25.8 Å². The summed E-state index contributed by atoms with van der Waals surface area (Å²) in [5.41, 5.74) is 0.591. The Balaban J connectivity index is 2.02. The molecule has 1 aliphatic heterocycles. The van der Waals surface area contributed by atoms with Crippen molar-refractivity contribution in [2.45, 2.75) is 37.7 Å². The van der Waals surface area contributed by atoms with Crippen LogP contribution in [0.25, 0.3) is 0 Å². The fraction of sp³-hybridized carbons (Fsp3) is 0.571. The molecule has 0 radical (unpaired) electrons. The Labute approximate surface area is 123 Å². The van der Waals surface area contributed by atoms with Crippen molar-refractivity contribution >= 4 is 9.84 Å². The molecule has 118 valence electrons. The molecule has 2 rings (SSSR count). The van der Waals surface area contributed by atoms with Crippen LogP contribution in [0.1, 0.15) is 31.4 Å². The lowest BCUT2D eigenvalue weighted by molar-refractivity contribution is -0.0506. The van der Waals surface area contributed by atoms with E-state index in [1.807, 2.05) is 0 Å². The zero-order valence-electron chi connectivity index (χ0n) is 11.8. The van der Waals surface area contributed by atoms with Crippen molar-refractivity contribution in [2.75, 3.05) is 12.3 Å². The summed E-state index contributed by atoms with van der Waals surface area (Å²) < 4.78 is 52.8. The second-order valence-electron chi connectivity index (χ2n) is 5.18. The molecule has 1 saturated heterocycles. The minimum absolute atomic E-state index is 0.113. The van der Waals surface area contributed by atoms with Gasteiger partial charge in [0.2, 0.25) is 0 Å². The average molecular weight is 319 g/mol. The molecule has 0 spiro atoms. The Morgan fingerprint density at radius 3 is 2.71 bits per heavy atom. The number of sulfone groups is 1. The summed E-state index contributed by atoms with van der Waals surface area (Å²) in [4.78, 5) is 0. The molecule has 4 nitrogen and oxygen atoms in total. The van der Waals surface area contributed by atoms with Gasteiger partial charge in [-0.1, -0.05) is 18.2 Å². The van der Waals surface area contributed by atoms with Crippen LogP contribution < -0.4 is 10.1 Å². The molecule has 2 atom stereocenters. The Morgan fingerprint density at radius 1 is 1.38 bits per heavy atom. The molecule has 0 amide bonds. The number of hydrogen-bond donors (Lipinski definition) is 1. The molecule has 0 aliphatic carbocycles. The molecular formula is C14H19F2NO3S. The number of halogens is 2. The number of alkyl halides is 2. The van der Waals surface area contributed by atoms with Crippen molar-refractivity contribution in [3.63, 3.8) is 0 Å². The van der Waals surface area contributed by atoms with Crippen LogP contribution in [0.3, 0.4) is 0 Å². The van der Waals surface area contributed by atoms with E-state index < -0.39 is 16.4 Å². The molecule has 1 aromatic carbocycles. The van der Waals surface area contributed by atoms with E-state index >= 15 is 0 Å². The van der Waals surface area contributed by atoms with E-state index in [0.29, 0.717) is 24.9 Å². The van der Waals surface area contributed by atoms with Gasteiger partial charge in [-0.15, -0.1) is 0 Å². The second kappa shape index (κ2) is 6.70. The van der Waals surface area contributed by atoms with Gasteiger partial charge in [-0.2, -0.15) is 8.78 Å². The standard InChI is InChI=1S/C14H19F2NO3S/c1-10(17-9-11-5-4-8-21(11,18)19)12-6-2-3-7-13(12)20-14(15)16/h2-3,6-7,10-11,14,17H,4-5,8-9H2,1H3. The maximum absolute atomic E-state index is 12.4. The van der Waals surface area contributed by atoms with Crippen molar-refractivity contribution < 1.29 is 21.9 Å². The number of ether oxygens (including phenoxy) is 1. The molecule has 2 unspecified atom stereocenters. The van der Waals surface area contributed by atoms with Crippen molar-refractivity contribution in [3.8, 4) is 5.75 Å². The van der Waals surface area contributed by atoms with Crippen molar-refractivity contribution in [1.82, 2.24) is 5.32 Å². The molecule has 1 aliphatic rings. The molecule has 0 aromatic heterocycles. The Bertz CT molecular complexity index is 577. The topological polar surface area (TPSA) is 55.4 Å². The Kier molecular flexibility index (Phi) is 5.16. The summed E-state index contributed by atoms with van der Waals surface area (Å²) in [5, 5.41) is 2.72. The van der Waals surface area contributed by atoms with E-state index in [9.17, 15) is 17.2 Å². The Hall–Kier alpha value is -1.21. The van der Waals surface area contributed by atoms with Crippen molar-refractivity contribution in [1.29, 1.82) is 0 Å². The summed E-state index contributed by atoms with van der Waals surface area (Å²) >= 11 is 0. The molecular weight excluding hydrogens is 300 g/mol. The van der Waals surface area contributed by atoms with Gasteiger partial charge in [-0.25, -0.2) is 8.42 Å². The van der Waals surface area contributed by atoms with E-state index in [4.69, 9.17) is 0 Å². The highest BCUT2D eigenvalue weighted by atomic mass is 32.2. The first-order valence-electron chi connectivity index (χ1n) is 6.89. The van der Waals surface area contributed by atoms with E-state index in [0.717, 1.165) is 0 Å². The maximum Gasteiger partial charge on any atom is 0.387 e.